The van der Waals surface area contributed by atoms with Gasteiger partial charge >= 0.3 is 6.09 Å². The van der Waals surface area contributed by atoms with Crippen molar-refractivity contribution in [1.82, 2.24) is 20.3 Å². The number of rotatable bonds is 9. The van der Waals surface area contributed by atoms with E-state index in [0.29, 0.717) is 55.0 Å². The maximum atomic E-state index is 14.8. The fourth-order valence-electron chi connectivity index (χ4n) is 7.21. The molecule has 14 nitrogen and oxygen atoms in total. The molecule has 1 saturated heterocycles. The lowest BCUT2D eigenvalue weighted by Crippen LogP contribution is -2.59. The van der Waals surface area contributed by atoms with Gasteiger partial charge in [-0.3, -0.25) is 19.1 Å². The highest BCUT2D eigenvalue weighted by Crippen LogP contribution is 2.46. The number of methoxy groups -OCH3 is 2. The van der Waals surface area contributed by atoms with Crippen molar-refractivity contribution in [2.75, 3.05) is 27.4 Å². The Morgan fingerprint density at radius 2 is 1.90 bits per heavy atom. The molecule has 4 N–H and O–H groups in total. The van der Waals surface area contributed by atoms with Crippen molar-refractivity contribution in [3.8, 4) is 11.5 Å². The summed E-state index contributed by atoms with van der Waals surface area (Å²) in [5.41, 5.74) is -1.56. The van der Waals surface area contributed by atoms with Crippen molar-refractivity contribution in [3.05, 3.63) is 48.3 Å². The smallest absolute Gasteiger partial charge is 0.405 e. The van der Waals surface area contributed by atoms with Crippen LogP contribution in [0.4, 0.5) is 9.18 Å². The lowest BCUT2D eigenvalue weighted by Gasteiger charge is -2.32. The van der Waals surface area contributed by atoms with E-state index in [9.17, 15) is 37.1 Å². The number of carbonyl (C=O) groups is 4. The average Bonchev–Trinajstić information content (AvgIpc) is 4.01. The van der Waals surface area contributed by atoms with E-state index in [-0.39, 0.29) is 31.7 Å². The van der Waals surface area contributed by atoms with Crippen LogP contribution in [0.2, 0.25) is 0 Å². The number of halogens is 1. The number of nitrogens with zero attached hydrogens (tertiary/aromatic N) is 1. The summed E-state index contributed by atoms with van der Waals surface area (Å²) in [7, 11) is -1.11. The zero-order valence-electron chi connectivity index (χ0n) is 28.4. The molecule has 6 rings (SSSR count). The SMILES string of the molecule is COC[C@@H]1CCCCC=C[C@@H]2C[C@@]2(C(=O)NS(=O)(=O)C2CC2)NC(=O)[C@@H]2C[C@@H](Oc3cccc4cc(OC)c(F)cc34)CN2C(=O)[C@H]1NC(=O)O. The molecule has 51 heavy (non-hydrogen) atoms. The minimum absolute atomic E-state index is 0.0485. The first-order valence-corrected chi connectivity index (χ1v) is 18.7. The zero-order chi connectivity index (χ0) is 36.5. The van der Waals surface area contributed by atoms with Crippen LogP contribution in [0.1, 0.15) is 51.4 Å². The fraction of sp³-hybridized carbons (Fsp3) is 0.543. The van der Waals surface area contributed by atoms with Crippen LogP contribution in [0, 0.1) is 17.7 Å². The lowest BCUT2D eigenvalue weighted by molar-refractivity contribution is -0.142. The van der Waals surface area contributed by atoms with Gasteiger partial charge in [0.25, 0.3) is 5.91 Å². The molecule has 276 valence electrons. The molecule has 6 atom stereocenters. The van der Waals surface area contributed by atoms with E-state index in [1.54, 1.807) is 18.2 Å². The quantitative estimate of drug-likeness (QED) is 0.279. The molecular weight excluding hydrogens is 687 g/mol. The second-order valence-electron chi connectivity index (χ2n) is 13.7. The third kappa shape index (κ3) is 7.76. The summed E-state index contributed by atoms with van der Waals surface area (Å²) < 4.78 is 59.3. The van der Waals surface area contributed by atoms with E-state index >= 15 is 0 Å². The number of hydrogen-bond donors (Lipinski definition) is 4. The Hall–Kier alpha value is -4.44. The largest absolute Gasteiger partial charge is 0.494 e. The van der Waals surface area contributed by atoms with Crippen LogP contribution >= 0.6 is 0 Å². The number of allylic oxidation sites excluding steroid dienone is 1. The summed E-state index contributed by atoms with van der Waals surface area (Å²) in [5.74, 6) is -3.55. The van der Waals surface area contributed by atoms with E-state index in [0.717, 1.165) is 0 Å². The Labute approximate surface area is 295 Å². The summed E-state index contributed by atoms with van der Waals surface area (Å²) in [4.78, 5) is 55.5. The van der Waals surface area contributed by atoms with E-state index in [2.05, 4.69) is 15.4 Å². The Bertz CT molecular complexity index is 1840. The molecule has 0 spiro atoms. The van der Waals surface area contributed by atoms with Crippen molar-refractivity contribution >= 4 is 44.6 Å². The molecule has 0 radical (unpaired) electrons. The predicted molar refractivity (Wildman–Crippen MR) is 182 cm³/mol. The van der Waals surface area contributed by atoms with Crippen LogP contribution in [-0.4, -0.2) is 98.6 Å². The number of hydrogen-bond acceptors (Lipinski definition) is 9. The molecule has 2 aromatic rings. The number of sulfonamides is 1. The van der Waals surface area contributed by atoms with E-state index < -0.39 is 80.5 Å². The second-order valence-corrected chi connectivity index (χ2v) is 15.7. The Balaban J connectivity index is 1.34. The van der Waals surface area contributed by atoms with Crippen LogP contribution in [0.3, 0.4) is 0 Å². The fourth-order valence-corrected chi connectivity index (χ4v) is 8.58. The summed E-state index contributed by atoms with van der Waals surface area (Å²) in [6.07, 6.45) is 4.84. The number of nitrogens with one attached hydrogen (secondary N) is 3. The zero-order valence-corrected chi connectivity index (χ0v) is 29.2. The number of fused-ring (bicyclic) bond motifs is 3. The van der Waals surface area contributed by atoms with Crippen molar-refractivity contribution in [2.24, 2.45) is 11.8 Å². The molecule has 0 unspecified atom stereocenters. The Morgan fingerprint density at radius 3 is 2.61 bits per heavy atom. The number of benzene rings is 2. The lowest BCUT2D eigenvalue weighted by atomic mass is 9.92. The van der Waals surface area contributed by atoms with Crippen molar-refractivity contribution in [2.45, 2.75) is 80.3 Å². The summed E-state index contributed by atoms with van der Waals surface area (Å²) in [6.45, 7) is -0.0644. The number of ether oxygens (including phenoxy) is 3. The molecule has 4 amide bonds. The molecular formula is C35H43FN4O10S. The first-order chi connectivity index (χ1) is 24.4. The minimum Gasteiger partial charge on any atom is -0.494 e. The average molecular weight is 731 g/mol. The van der Waals surface area contributed by atoms with E-state index in [1.165, 1.54) is 31.3 Å². The summed E-state index contributed by atoms with van der Waals surface area (Å²) in [6, 6.07) is 5.41. The highest BCUT2D eigenvalue weighted by Gasteiger charge is 2.62. The Morgan fingerprint density at radius 1 is 1.12 bits per heavy atom. The molecule has 4 aliphatic rings. The minimum atomic E-state index is -3.93. The predicted octanol–water partition coefficient (Wildman–Crippen LogP) is 2.85. The standard InChI is InChI=1S/C35H43FN4O10S/c1-48-19-21-8-5-3-4-6-10-22-17-35(22,33(43)39-51(46,47)24-12-13-24)38-31(41)27-15-23(18-40(27)32(42)30(21)37-34(44)45)50-28-11-7-9-20-14-29(49-2)26(36)16-25(20)28/h6-7,9-11,14,16,21-24,27,30,37H,3-5,8,12-13,15,17-19H2,1-2H3,(H,38,41)(H,39,43)(H,44,45)/t21-,22+,23+,27-,30-,35+/m0/s1. The molecule has 2 saturated carbocycles. The van der Waals surface area contributed by atoms with Gasteiger partial charge in [0.2, 0.25) is 21.8 Å². The number of carbonyl (C=O) groups excluding carboxylic acids is 3. The molecule has 2 aliphatic heterocycles. The molecule has 2 aliphatic carbocycles. The van der Waals surface area contributed by atoms with Gasteiger partial charge in [0.15, 0.2) is 11.6 Å². The van der Waals surface area contributed by atoms with Crippen molar-refractivity contribution < 1.29 is 51.3 Å². The van der Waals surface area contributed by atoms with Gasteiger partial charge in [0.1, 0.15) is 29.5 Å². The number of carboxylic acid groups (broad SMARTS) is 1. The van der Waals surface area contributed by atoms with Gasteiger partial charge in [-0.05, 0) is 62.1 Å². The number of amides is 4. The molecule has 16 heteroatoms. The van der Waals surface area contributed by atoms with Crippen LogP contribution in [0.5, 0.6) is 11.5 Å². The molecule has 2 heterocycles. The third-order valence-electron chi connectivity index (χ3n) is 10.2. The van der Waals surface area contributed by atoms with Gasteiger partial charge in [0, 0.05) is 30.8 Å². The van der Waals surface area contributed by atoms with Crippen molar-refractivity contribution in [1.29, 1.82) is 0 Å². The van der Waals surface area contributed by atoms with Crippen LogP contribution in [0.15, 0.2) is 42.5 Å². The third-order valence-corrected chi connectivity index (χ3v) is 12.0. The normalized spacial score (nSPS) is 28.5. The highest BCUT2D eigenvalue weighted by atomic mass is 32.2. The van der Waals surface area contributed by atoms with Gasteiger partial charge in [-0.1, -0.05) is 30.7 Å². The van der Waals surface area contributed by atoms with E-state index in [4.69, 9.17) is 14.2 Å². The highest BCUT2D eigenvalue weighted by molar-refractivity contribution is 7.91. The topological polar surface area (TPSA) is 190 Å². The maximum absolute atomic E-state index is 14.8. The summed E-state index contributed by atoms with van der Waals surface area (Å²) >= 11 is 0. The van der Waals surface area contributed by atoms with Gasteiger partial charge in [-0.2, -0.15) is 0 Å². The molecule has 0 bridgehead atoms. The van der Waals surface area contributed by atoms with E-state index in [1.807, 2.05) is 12.2 Å². The van der Waals surface area contributed by atoms with Crippen LogP contribution in [-0.2, 0) is 29.1 Å². The summed E-state index contributed by atoms with van der Waals surface area (Å²) in [5, 5.41) is 15.3. The molecule has 0 aromatic heterocycles. The van der Waals surface area contributed by atoms with Crippen LogP contribution < -0.4 is 24.8 Å². The molecule has 2 aromatic carbocycles. The molecule has 3 fully saturated rings. The van der Waals surface area contributed by atoms with Crippen LogP contribution in [0.25, 0.3) is 10.8 Å². The monoisotopic (exact) mass is 730 g/mol. The van der Waals surface area contributed by atoms with Crippen molar-refractivity contribution in [3.63, 3.8) is 0 Å². The maximum Gasteiger partial charge on any atom is 0.405 e. The van der Waals surface area contributed by atoms with Gasteiger partial charge in [-0.25, -0.2) is 17.6 Å². The Kier molecular flexibility index (Phi) is 10.4. The van der Waals surface area contributed by atoms with Gasteiger partial charge in [-0.15, -0.1) is 0 Å². The second kappa shape index (κ2) is 14.7. The first kappa shape index (κ1) is 36.4. The van der Waals surface area contributed by atoms with Gasteiger partial charge < -0.3 is 34.9 Å². The van der Waals surface area contributed by atoms with Gasteiger partial charge in [0.05, 0.1) is 25.5 Å². The first-order valence-electron chi connectivity index (χ1n) is 17.1.